The Balaban J connectivity index is 1.40. The van der Waals surface area contributed by atoms with Crippen molar-refractivity contribution in [2.24, 2.45) is 0 Å². The van der Waals surface area contributed by atoms with Gasteiger partial charge in [-0.2, -0.15) is 0 Å². The second-order valence-corrected chi connectivity index (χ2v) is 7.50. The molecule has 5 heteroatoms. The summed E-state index contributed by atoms with van der Waals surface area (Å²) in [5, 5.41) is 0.752. The number of piperazine rings is 1. The number of carbonyl (C=O) groups excluding carboxylic acids is 1. The number of benzene rings is 2. The molecule has 1 fully saturated rings. The zero-order valence-electron chi connectivity index (χ0n) is 16.1. The highest BCUT2D eigenvalue weighted by Gasteiger charge is 2.21. The van der Waals surface area contributed by atoms with E-state index in [0.717, 1.165) is 43.4 Å². The van der Waals surface area contributed by atoms with Crippen molar-refractivity contribution in [1.82, 2.24) is 4.90 Å². The number of hydrogen-bond acceptors (Lipinski definition) is 3. The number of amides is 1. The molecule has 2 aromatic carbocycles. The summed E-state index contributed by atoms with van der Waals surface area (Å²) < 4.78 is 5.71. The van der Waals surface area contributed by atoms with Crippen LogP contribution in [0.15, 0.2) is 42.5 Å². The largest absolute Gasteiger partial charge is 0.494 e. The predicted octanol–water partition coefficient (Wildman–Crippen LogP) is 4.46. The van der Waals surface area contributed by atoms with Crippen molar-refractivity contribution in [1.29, 1.82) is 0 Å². The molecule has 144 valence electrons. The SMILES string of the molecule is Cc1ccc(OCCCC(=O)N2CCN(c3cc(Cl)ccc3C)CC2)cc1. The van der Waals surface area contributed by atoms with E-state index in [1.54, 1.807) is 0 Å². The number of hydrogen-bond donors (Lipinski definition) is 0. The standard InChI is InChI=1S/C22H27ClN2O2/c1-17-5-9-20(10-6-17)27-15-3-4-22(26)25-13-11-24(12-14-25)21-16-19(23)8-7-18(21)2/h5-10,16H,3-4,11-15H2,1-2H3. The first-order valence-electron chi connectivity index (χ1n) is 9.51. The van der Waals surface area contributed by atoms with Crippen molar-refractivity contribution in [3.63, 3.8) is 0 Å². The third-order valence-corrected chi connectivity index (χ3v) is 5.20. The van der Waals surface area contributed by atoms with E-state index in [2.05, 4.69) is 18.7 Å². The van der Waals surface area contributed by atoms with Crippen molar-refractivity contribution in [3.8, 4) is 5.75 Å². The van der Waals surface area contributed by atoms with E-state index < -0.39 is 0 Å². The lowest BCUT2D eigenvalue weighted by molar-refractivity contribution is -0.131. The lowest BCUT2D eigenvalue weighted by atomic mass is 10.1. The molecule has 1 heterocycles. The molecule has 0 radical (unpaired) electrons. The summed E-state index contributed by atoms with van der Waals surface area (Å²) in [7, 11) is 0. The number of ether oxygens (including phenoxy) is 1. The number of carbonyl (C=O) groups is 1. The van der Waals surface area contributed by atoms with Crippen LogP contribution in [-0.2, 0) is 4.79 Å². The van der Waals surface area contributed by atoms with Crippen LogP contribution < -0.4 is 9.64 Å². The van der Waals surface area contributed by atoms with Crippen molar-refractivity contribution in [3.05, 3.63) is 58.6 Å². The summed E-state index contributed by atoms with van der Waals surface area (Å²) in [5.74, 6) is 1.07. The monoisotopic (exact) mass is 386 g/mol. The van der Waals surface area contributed by atoms with Gasteiger partial charge in [0.2, 0.25) is 5.91 Å². The molecule has 4 nitrogen and oxygen atoms in total. The molecule has 0 unspecified atom stereocenters. The fraction of sp³-hybridized carbons (Fsp3) is 0.409. The van der Waals surface area contributed by atoms with Crippen LogP contribution in [0.4, 0.5) is 5.69 Å². The first-order chi connectivity index (χ1) is 13.0. The maximum absolute atomic E-state index is 12.4. The number of halogens is 1. The minimum absolute atomic E-state index is 0.213. The molecule has 1 aliphatic rings. The Morgan fingerprint density at radius 2 is 1.74 bits per heavy atom. The first-order valence-corrected chi connectivity index (χ1v) is 9.89. The zero-order valence-corrected chi connectivity index (χ0v) is 16.8. The van der Waals surface area contributed by atoms with Crippen LogP contribution in [0, 0.1) is 13.8 Å². The van der Waals surface area contributed by atoms with Crippen molar-refractivity contribution < 1.29 is 9.53 Å². The van der Waals surface area contributed by atoms with Gasteiger partial charge in [-0.25, -0.2) is 0 Å². The second-order valence-electron chi connectivity index (χ2n) is 7.06. The molecule has 1 saturated heterocycles. The van der Waals surface area contributed by atoms with Crippen LogP contribution >= 0.6 is 11.6 Å². The number of aryl methyl sites for hydroxylation is 2. The molecule has 0 saturated carbocycles. The van der Waals surface area contributed by atoms with E-state index in [-0.39, 0.29) is 5.91 Å². The molecule has 1 amide bonds. The van der Waals surface area contributed by atoms with Crippen LogP contribution in [0.2, 0.25) is 5.02 Å². The van der Waals surface area contributed by atoms with Gasteiger partial charge in [0, 0.05) is 43.3 Å². The second kappa shape index (κ2) is 9.14. The number of rotatable bonds is 6. The molecular formula is C22H27ClN2O2. The quantitative estimate of drug-likeness (QED) is 0.687. The van der Waals surface area contributed by atoms with Gasteiger partial charge in [0.25, 0.3) is 0 Å². The van der Waals surface area contributed by atoms with E-state index in [1.165, 1.54) is 16.8 Å². The van der Waals surface area contributed by atoms with E-state index in [4.69, 9.17) is 16.3 Å². The van der Waals surface area contributed by atoms with E-state index in [1.807, 2.05) is 47.4 Å². The van der Waals surface area contributed by atoms with Crippen molar-refractivity contribution in [2.75, 3.05) is 37.7 Å². The topological polar surface area (TPSA) is 32.8 Å². The number of nitrogens with zero attached hydrogens (tertiary/aromatic N) is 2. The lowest BCUT2D eigenvalue weighted by Crippen LogP contribution is -2.49. The summed E-state index contributed by atoms with van der Waals surface area (Å²) in [6.45, 7) is 7.90. The van der Waals surface area contributed by atoms with Crippen LogP contribution in [0.1, 0.15) is 24.0 Å². The van der Waals surface area contributed by atoms with Gasteiger partial charge in [0.15, 0.2) is 0 Å². The van der Waals surface area contributed by atoms with Gasteiger partial charge in [0.05, 0.1) is 6.61 Å². The molecule has 2 aromatic rings. The molecule has 0 aliphatic carbocycles. The van der Waals surface area contributed by atoms with Crippen molar-refractivity contribution >= 4 is 23.2 Å². The molecule has 1 aliphatic heterocycles. The Morgan fingerprint density at radius 3 is 2.44 bits per heavy atom. The summed E-state index contributed by atoms with van der Waals surface area (Å²) in [5.41, 5.74) is 3.60. The summed E-state index contributed by atoms with van der Waals surface area (Å²) in [4.78, 5) is 16.7. The van der Waals surface area contributed by atoms with E-state index >= 15 is 0 Å². The Hall–Kier alpha value is -2.20. The zero-order chi connectivity index (χ0) is 19.2. The third-order valence-electron chi connectivity index (χ3n) is 4.97. The van der Waals surface area contributed by atoms with Crippen LogP contribution in [0.25, 0.3) is 0 Å². The molecule has 27 heavy (non-hydrogen) atoms. The van der Waals surface area contributed by atoms with Gasteiger partial charge in [-0.3, -0.25) is 4.79 Å². The molecule has 3 rings (SSSR count). The van der Waals surface area contributed by atoms with Crippen LogP contribution in [0.5, 0.6) is 5.75 Å². The molecule has 0 N–H and O–H groups in total. The van der Waals surface area contributed by atoms with Gasteiger partial charge in [-0.1, -0.05) is 35.4 Å². The van der Waals surface area contributed by atoms with Crippen LogP contribution in [0.3, 0.4) is 0 Å². The highest BCUT2D eigenvalue weighted by Crippen LogP contribution is 2.25. The molecule has 0 aromatic heterocycles. The Bertz CT molecular complexity index is 768. The maximum Gasteiger partial charge on any atom is 0.222 e. The van der Waals surface area contributed by atoms with Gasteiger partial charge >= 0.3 is 0 Å². The fourth-order valence-electron chi connectivity index (χ4n) is 3.33. The predicted molar refractivity (Wildman–Crippen MR) is 111 cm³/mol. The first kappa shape index (κ1) is 19.6. The highest BCUT2D eigenvalue weighted by molar-refractivity contribution is 6.30. The average molecular weight is 387 g/mol. The summed E-state index contributed by atoms with van der Waals surface area (Å²) in [6.07, 6.45) is 1.27. The van der Waals surface area contributed by atoms with Gasteiger partial charge in [0.1, 0.15) is 5.75 Å². The van der Waals surface area contributed by atoms with Crippen molar-refractivity contribution in [2.45, 2.75) is 26.7 Å². The molecule has 0 atom stereocenters. The van der Waals surface area contributed by atoms with Gasteiger partial charge in [-0.05, 0) is 50.1 Å². The van der Waals surface area contributed by atoms with Gasteiger partial charge in [-0.15, -0.1) is 0 Å². The van der Waals surface area contributed by atoms with Gasteiger partial charge < -0.3 is 14.5 Å². The summed E-state index contributed by atoms with van der Waals surface area (Å²) in [6, 6.07) is 14.0. The lowest BCUT2D eigenvalue weighted by Gasteiger charge is -2.37. The van der Waals surface area contributed by atoms with E-state index in [0.29, 0.717) is 13.0 Å². The highest BCUT2D eigenvalue weighted by atomic mass is 35.5. The Kier molecular flexibility index (Phi) is 6.62. The minimum Gasteiger partial charge on any atom is -0.494 e. The van der Waals surface area contributed by atoms with Crippen LogP contribution in [-0.4, -0.2) is 43.6 Å². The molecular weight excluding hydrogens is 360 g/mol. The fourth-order valence-corrected chi connectivity index (χ4v) is 3.49. The number of anilines is 1. The molecule has 0 spiro atoms. The summed E-state index contributed by atoms with van der Waals surface area (Å²) >= 11 is 6.14. The van der Waals surface area contributed by atoms with E-state index in [9.17, 15) is 4.79 Å². The Labute approximate surface area is 166 Å². The smallest absolute Gasteiger partial charge is 0.222 e. The molecule has 0 bridgehead atoms. The minimum atomic E-state index is 0.213. The third kappa shape index (κ3) is 5.39. The average Bonchev–Trinajstić information content (AvgIpc) is 2.68. The Morgan fingerprint density at radius 1 is 1.04 bits per heavy atom. The normalized spacial score (nSPS) is 14.3. The maximum atomic E-state index is 12.4.